The van der Waals surface area contributed by atoms with Gasteiger partial charge in [0.05, 0.1) is 6.61 Å². The minimum atomic E-state index is -3.70. The van der Waals surface area contributed by atoms with Crippen LogP contribution in [-0.4, -0.2) is 31.9 Å². The predicted molar refractivity (Wildman–Crippen MR) is 135 cm³/mol. The van der Waals surface area contributed by atoms with Crippen molar-refractivity contribution in [3.8, 4) is 5.75 Å². The van der Waals surface area contributed by atoms with E-state index in [1.807, 2.05) is 0 Å². The first-order chi connectivity index (χ1) is 16.0. The van der Waals surface area contributed by atoms with E-state index in [1.54, 1.807) is 12.1 Å². The van der Waals surface area contributed by atoms with Gasteiger partial charge in [-0.15, -0.1) is 0 Å². The third-order valence-corrected chi connectivity index (χ3v) is 8.41. The lowest BCUT2D eigenvalue weighted by Crippen LogP contribution is -2.25. The van der Waals surface area contributed by atoms with Crippen LogP contribution in [-0.2, 0) is 20.9 Å². The Kier molecular flexibility index (Phi) is 8.03. The molecule has 34 heavy (non-hydrogen) atoms. The number of benzene rings is 2. The minimum absolute atomic E-state index is 0.00178. The first-order valence-electron chi connectivity index (χ1n) is 12.0. The molecule has 0 saturated carbocycles. The number of fused-ring (bicyclic) bond motifs is 1. The SMILES string of the molecule is CCC(C)(C)c1ccc(OCCCCNS(=O)(=O)c2cccc3nonc23)c(C(C)(C)CC)c1. The number of ether oxygens (including phenoxy) is 1. The molecule has 0 saturated heterocycles. The highest BCUT2D eigenvalue weighted by Crippen LogP contribution is 2.38. The average Bonchev–Trinajstić information content (AvgIpc) is 3.30. The van der Waals surface area contributed by atoms with Gasteiger partial charge in [-0.3, -0.25) is 0 Å². The first-order valence-corrected chi connectivity index (χ1v) is 13.5. The van der Waals surface area contributed by atoms with Crippen molar-refractivity contribution in [2.45, 2.75) is 83.0 Å². The van der Waals surface area contributed by atoms with Crippen LogP contribution in [0.3, 0.4) is 0 Å². The van der Waals surface area contributed by atoms with E-state index in [9.17, 15) is 8.42 Å². The third-order valence-electron chi connectivity index (χ3n) is 6.92. The first kappa shape index (κ1) is 26.2. The Morgan fingerprint density at radius 3 is 2.41 bits per heavy atom. The summed E-state index contributed by atoms with van der Waals surface area (Å²) in [5, 5.41) is 7.41. The molecule has 8 heteroatoms. The van der Waals surface area contributed by atoms with Gasteiger partial charge in [0.15, 0.2) is 5.52 Å². The molecule has 7 nitrogen and oxygen atoms in total. The number of rotatable bonds is 12. The van der Waals surface area contributed by atoms with Crippen molar-refractivity contribution in [3.63, 3.8) is 0 Å². The van der Waals surface area contributed by atoms with E-state index in [2.05, 4.69) is 79.4 Å². The molecule has 0 fully saturated rings. The molecular weight excluding hydrogens is 450 g/mol. The Hall–Kier alpha value is -2.45. The lowest BCUT2D eigenvalue weighted by Gasteiger charge is -2.30. The molecule has 3 aromatic rings. The zero-order valence-electron chi connectivity index (χ0n) is 21.1. The van der Waals surface area contributed by atoms with Gasteiger partial charge >= 0.3 is 0 Å². The molecule has 0 amide bonds. The van der Waals surface area contributed by atoms with E-state index in [1.165, 1.54) is 17.2 Å². The molecule has 0 unspecified atom stereocenters. The Morgan fingerprint density at radius 2 is 1.71 bits per heavy atom. The highest BCUT2D eigenvalue weighted by Gasteiger charge is 2.26. The van der Waals surface area contributed by atoms with Gasteiger partial charge in [-0.1, -0.05) is 59.7 Å². The Labute approximate surface area is 203 Å². The zero-order chi connectivity index (χ0) is 25.0. The number of sulfonamides is 1. The van der Waals surface area contributed by atoms with Gasteiger partial charge in [-0.05, 0) is 70.6 Å². The number of nitrogens with one attached hydrogen (secondary N) is 1. The molecule has 0 aliphatic heterocycles. The summed E-state index contributed by atoms with van der Waals surface area (Å²) < 4.78 is 38.8. The van der Waals surface area contributed by atoms with Crippen LogP contribution in [0.2, 0.25) is 0 Å². The van der Waals surface area contributed by atoms with Crippen molar-refractivity contribution in [2.24, 2.45) is 0 Å². The van der Waals surface area contributed by atoms with Crippen LogP contribution in [0.1, 0.15) is 78.4 Å². The summed E-state index contributed by atoms with van der Waals surface area (Å²) >= 11 is 0. The van der Waals surface area contributed by atoms with Crippen molar-refractivity contribution in [3.05, 3.63) is 47.5 Å². The molecule has 0 spiro atoms. The Morgan fingerprint density at radius 1 is 0.971 bits per heavy atom. The summed E-state index contributed by atoms with van der Waals surface area (Å²) in [5.41, 5.74) is 3.31. The number of aromatic nitrogens is 2. The molecule has 1 heterocycles. The molecule has 0 aliphatic carbocycles. The lowest BCUT2D eigenvalue weighted by molar-refractivity contribution is 0.296. The molecule has 0 atom stereocenters. The minimum Gasteiger partial charge on any atom is -0.493 e. The number of hydrogen-bond donors (Lipinski definition) is 1. The van der Waals surface area contributed by atoms with Crippen molar-refractivity contribution < 1.29 is 17.8 Å². The highest BCUT2D eigenvalue weighted by atomic mass is 32.2. The van der Waals surface area contributed by atoms with Crippen LogP contribution < -0.4 is 9.46 Å². The smallest absolute Gasteiger partial charge is 0.242 e. The van der Waals surface area contributed by atoms with Gasteiger partial charge in [-0.2, -0.15) is 0 Å². The third kappa shape index (κ3) is 5.78. The lowest BCUT2D eigenvalue weighted by atomic mass is 9.76. The Bertz CT molecular complexity index is 1220. The largest absolute Gasteiger partial charge is 0.493 e. The molecule has 1 aromatic heterocycles. The van der Waals surface area contributed by atoms with Gasteiger partial charge in [0, 0.05) is 12.1 Å². The fraction of sp³-hybridized carbons (Fsp3) is 0.538. The standard InChI is InChI=1S/C26H37N3O4S/c1-7-25(3,4)19-14-15-22(20(18-19)26(5,6)8-2)32-17-10-9-16-27-34(30,31)23-13-11-12-21-24(23)29-33-28-21/h11-15,18,27H,7-10,16-17H2,1-6H3. The van der Waals surface area contributed by atoms with Gasteiger partial charge in [0.2, 0.25) is 10.0 Å². The predicted octanol–water partition coefficient (Wildman–Crippen LogP) is 5.74. The van der Waals surface area contributed by atoms with E-state index in [4.69, 9.17) is 4.74 Å². The van der Waals surface area contributed by atoms with Gasteiger partial charge < -0.3 is 4.74 Å². The maximum Gasteiger partial charge on any atom is 0.242 e. The van der Waals surface area contributed by atoms with E-state index < -0.39 is 10.0 Å². The second kappa shape index (κ2) is 10.4. The zero-order valence-corrected chi connectivity index (χ0v) is 22.0. The maximum absolute atomic E-state index is 12.7. The second-order valence-electron chi connectivity index (χ2n) is 10.0. The van der Waals surface area contributed by atoms with E-state index >= 15 is 0 Å². The van der Waals surface area contributed by atoms with Gasteiger partial charge in [0.25, 0.3) is 0 Å². The highest BCUT2D eigenvalue weighted by molar-refractivity contribution is 7.89. The summed E-state index contributed by atoms with van der Waals surface area (Å²) in [6, 6.07) is 11.3. The average molecular weight is 488 g/mol. The second-order valence-corrected chi connectivity index (χ2v) is 11.8. The van der Waals surface area contributed by atoms with Crippen LogP contribution in [0.25, 0.3) is 11.0 Å². The van der Waals surface area contributed by atoms with Crippen LogP contribution in [0.15, 0.2) is 45.9 Å². The van der Waals surface area contributed by atoms with E-state index in [0.717, 1.165) is 25.0 Å². The normalized spacial score (nSPS) is 12.9. The molecular formula is C26H37N3O4S. The van der Waals surface area contributed by atoms with Crippen molar-refractivity contribution in [2.75, 3.05) is 13.2 Å². The summed E-state index contributed by atoms with van der Waals surface area (Å²) in [7, 11) is -3.70. The topological polar surface area (TPSA) is 94.3 Å². The van der Waals surface area contributed by atoms with E-state index in [-0.39, 0.29) is 21.2 Å². The van der Waals surface area contributed by atoms with Crippen molar-refractivity contribution in [1.82, 2.24) is 15.0 Å². The molecule has 0 radical (unpaired) electrons. The van der Waals surface area contributed by atoms with Crippen LogP contribution in [0.4, 0.5) is 0 Å². The molecule has 3 rings (SSSR count). The number of nitrogens with zero attached hydrogens (tertiary/aromatic N) is 2. The van der Waals surface area contributed by atoms with Crippen molar-refractivity contribution >= 4 is 21.1 Å². The van der Waals surface area contributed by atoms with E-state index in [0.29, 0.717) is 25.1 Å². The summed E-state index contributed by atoms with van der Waals surface area (Å²) in [4.78, 5) is 0.0732. The maximum atomic E-state index is 12.7. The quantitative estimate of drug-likeness (QED) is 0.328. The van der Waals surface area contributed by atoms with Crippen LogP contribution in [0, 0.1) is 0 Å². The number of hydrogen-bond acceptors (Lipinski definition) is 6. The molecule has 186 valence electrons. The fourth-order valence-electron chi connectivity index (χ4n) is 3.69. The fourth-order valence-corrected chi connectivity index (χ4v) is 4.91. The van der Waals surface area contributed by atoms with Crippen molar-refractivity contribution in [1.29, 1.82) is 0 Å². The van der Waals surface area contributed by atoms with Crippen LogP contribution in [0.5, 0.6) is 5.75 Å². The summed E-state index contributed by atoms with van der Waals surface area (Å²) in [6.07, 6.45) is 3.46. The summed E-state index contributed by atoms with van der Waals surface area (Å²) in [6.45, 7) is 14.3. The molecule has 0 aliphatic rings. The van der Waals surface area contributed by atoms with Gasteiger partial charge in [-0.25, -0.2) is 17.8 Å². The summed E-state index contributed by atoms with van der Waals surface area (Å²) in [5.74, 6) is 0.910. The molecule has 2 aromatic carbocycles. The molecule has 1 N–H and O–H groups in total. The monoisotopic (exact) mass is 487 g/mol. The Balaban J connectivity index is 1.59. The number of unbranched alkanes of at least 4 members (excludes halogenated alkanes) is 1. The van der Waals surface area contributed by atoms with Gasteiger partial charge in [0.1, 0.15) is 16.2 Å². The molecule has 0 bridgehead atoms. The van der Waals surface area contributed by atoms with Crippen LogP contribution >= 0.6 is 0 Å².